The van der Waals surface area contributed by atoms with E-state index in [2.05, 4.69) is 10.6 Å². The number of ketones is 1. The minimum absolute atomic E-state index is 0.00774. The molecule has 15 heteroatoms. The van der Waals surface area contributed by atoms with Crippen molar-refractivity contribution in [3.63, 3.8) is 0 Å². The minimum Gasteiger partial charge on any atom is -0.461 e. The molecule has 0 unspecified atom stereocenters. The number of esters is 1. The summed E-state index contributed by atoms with van der Waals surface area (Å²) in [6, 6.07) is 4.67. The SMILES string of the molecule is C[C@H](CC(=O)CN1C(=O)C=CC1=O)C(=O)NCCC(=O)Nc1cc(/C=C/COC(=O)C(C)(C)C)ccc1O[C@@H]1OC[C@@H](O)[C@H](O)[C@H]1O. The molecule has 0 bridgehead atoms. The van der Waals surface area contributed by atoms with Crippen LogP contribution in [0.3, 0.4) is 0 Å². The molecule has 1 aromatic carbocycles. The fourth-order valence-corrected chi connectivity index (χ4v) is 4.33. The van der Waals surface area contributed by atoms with Gasteiger partial charge in [0.25, 0.3) is 11.8 Å². The molecule has 2 aliphatic heterocycles. The average molecular weight is 660 g/mol. The van der Waals surface area contributed by atoms with Crippen LogP contribution in [0.5, 0.6) is 5.75 Å². The number of rotatable bonds is 14. The van der Waals surface area contributed by atoms with Crippen molar-refractivity contribution in [2.45, 2.75) is 65.1 Å². The molecule has 256 valence electrons. The monoisotopic (exact) mass is 659 g/mol. The third kappa shape index (κ3) is 10.8. The second-order valence-corrected chi connectivity index (χ2v) is 12.2. The molecule has 15 nitrogen and oxygen atoms in total. The van der Waals surface area contributed by atoms with E-state index in [1.807, 2.05) is 0 Å². The van der Waals surface area contributed by atoms with Gasteiger partial charge in [0.2, 0.25) is 18.1 Å². The number of carbonyl (C=O) groups is 6. The molecule has 2 heterocycles. The number of Topliss-reactive ketones (excluding diaryl/α,β-unsaturated/α-hetero) is 1. The fourth-order valence-electron chi connectivity index (χ4n) is 4.33. The summed E-state index contributed by atoms with van der Waals surface area (Å²) in [7, 11) is 0. The van der Waals surface area contributed by atoms with Gasteiger partial charge in [-0.25, -0.2) is 0 Å². The number of aliphatic hydroxyl groups excluding tert-OH is 3. The molecule has 47 heavy (non-hydrogen) atoms. The first-order valence-electron chi connectivity index (χ1n) is 15.0. The van der Waals surface area contributed by atoms with Crippen molar-refractivity contribution in [2.24, 2.45) is 11.3 Å². The zero-order chi connectivity index (χ0) is 34.9. The Balaban J connectivity index is 1.59. The number of nitrogens with zero attached hydrogens (tertiary/aromatic N) is 1. The van der Waals surface area contributed by atoms with Gasteiger partial charge in [0, 0.05) is 37.5 Å². The highest BCUT2D eigenvalue weighted by Crippen LogP contribution is 2.30. The van der Waals surface area contributed by atoms with Crippen LogP contribution in [0.4, 0.5) is 5.69 Å². The van der Waals surface area contributed by atoms with Crippen LogP contribution >= 0.6 is 0 Å². The van der Waals surface area contributed by atoms with E-state index in [9.17, 15) is 44.1 Å². The quantitative estimate of drug-likeness (QED) is 0.132. The van der Waals surface area contributed by atoms with Crippen LogP contribution in [0.25, 0.3) is 6.08 Å². The lowest BCUT2D eigenvalue weighted by atomic mass is 9.97. The predicted molar refractivity (Wildman–Crippen MR) is 165 cm³/mol. The van der Waals surface area contributed by atoms with Gasteiger partial charge in [-0.3, -0.25) is 33.7 Å². The third-order valence-electron chi connectivity index (χ3n) is 7.08. The summed E-state index contributed by atoms with van der Waals surface area (Å²) in [5.74, 6) is -3.79. The summed E-state index contributed by atoms with van der Waals surface area (Å²) >= 11 is 0. The van der Waals surface area contributed by atoms with E-state index >= 15 is 0 Å². The van der Waals surface area contributed by atoms with Gasteiger partial charge >= 0.3 is 5.97 Å². The number of amides is 4. The highest BCUT2D eigenvalue weighted by Gasteiger charge is 2.39. The molecule has 0 radical (unpaired) electrons. The van der Waals surface area contributed by atoms with Crippen molar-refractivity contribution in [3.8, 4) is 5.75 Å². The molecular formula is C32H41N3O12. The summed E-state index contributed by atoms with van der Waals surface area (Å²) in [6.45, 7) is 5.89. The van der Waals surface area contributed by atoms with Gasteiger partial charge in [-0.05, 0) is 44.5 Å². The first kappa shape index (κ1) is 37.0. The number of imide groups is 1. The number of anilines is 1. The average Bonchev–Trinajstić information content (AvgIpc) is 3.31. The van der Waals surface area contributed by atoms with Crippen molar-refractivity contribution in [1.82, 2.24) is 10.2 Å². The Bertz CT molecular complexity index is 1400. The third-order valence-corrected chi connectivity index (χ3v) is 7.08. The normalized spacial score (nSPS) is 21.9. The van der Waals surface area contributed by atoms with E-state index in [-0.39, 0.29) is 50.0 Å². The number of hydrogen-bond acceptors (Lipinski definition) is 12. The topological polar surface area (TPSA) is 218 Å². The Hall–Kier alpha value is -4.44. The lowest BCUT2D eigenvalue weighted by Gasteiger charge is -2.35. The summed E-state index contributed by atoms with van der Waals surface area (Å²) in [6.07, 6.45) is -0.781. The van der Waals surface area contributed by atoms with E-state index in [1.54, 1.807) is 45.1 Å². The van der Waals surface area contributed by atoms with Crippen molar-refractivity contribution < 1.29 is 58.3 Å². The summed E-state index contributed by atoms with van der Waals surface area (Å²) in [5.41, 5.74) is 0.0781. The van der Waals surface area contributed by atoms with Crippen molar-refractivity contribution in [3.05, 3.63) is 42.0 Å². The van der Waals surface area contributed by atoms with Crippen molar-refractivity contribution in [2.75, 3.05) is 31.6 Å². The van der Waals surface area contributed by atoms with Gasteiger partial charge in [-0.1, -0.05) is 19.1 Å². The van der Waals surface area contributed by atoms with E-state index < -0.39 is 71.9 Å². The molecule has 4 amide bonds. The molecule has 1 fully saturated rings. The molecule has 1 saturated heterocycles. The fraction of sp³-hybridized carbons (Fsp3) is 0.500. The van der Waals surface area contributed by atoms with Gasteiger partial charge in [0.15, 0.2) is 5.78 Å². The highest BCUT2D eigenvalue weighted by atomic mass is 16.7. The molecule has 0 saturated carbocycles. The maximum atomic E-state index is 12.9. The first-order chi connectivity index (χ1) is 22.1. The lowest BCUT2D eigenvalue weighted by molar-refractivity contribution is -0.241. The summed E-state index contributed by atoms with van der Waals surface area (Å²) in [4.78, 5) is 73.8. The van der Waals surface area contributed by atoms with Gasteiger partial charge in [-0.2, -0.15) is 0 Å². The minimum atomic E-state index is -1.59. The van der Waals surface area contributed by atoms with Crippen molar-refractivity contribution >= 4 is 47.1 Å². The van der Waals surface area contributed by atoms with Gasteiger partial charge < -0.3 is 40.2 Å². The summed E-state index contributed by atoms with van der Waals surface area (Å²) in [5, 5.41) is 35.3. The number of benzene rings is 1. The summed E-state index contributed by atoms with van der Waals surface area (Å²) < 4.78 is 16.3. The Morgan fingerprint density at radius 1 is 1.09 bits per heavy atom. The van der Waals surface area contributed by atoms with Crippen LogP contribution in [0.1, 0.15) is 46.1 Å². The van der Waals surface area contributed by atoms with Gasteiger partial charge in [-0.15, -0.1) is 0 Å². The van der Waals surface area contributed by atoms with Crippen LogP contribution in [-0.4, -0.2) is 107 Å². The van der Waals surface area contributed by atoms with Crippen LogP contribution in [0.2, 0.25) is 0 Å². The predicted octanol–water partition coefficient (Wildman–Crippen LogP) is 0.0720. The zero-order valence-electron chi connectivity index (χ0n) is 26.6. The van der Waals surface area contributed by atoms with Crippen LogP contribution in [-0.2, 0) is 38.2 Å². The number of hydrogen-bond donors (Lipinski definition) is 5. The van der Waals surface area contributed by atoms with Gasteiger partial charge in [0.05, 0.1) is 24.3 Å². The Kier molecular flexibility index (Phi) is 12.9. The van der Waals surface area contributed by atoms with Crippen LogP contribution < -0.4 is 15.4 Å². The molecule has 0 aliphatic carbocycles. The maximum absolute atomic E-state index is 12.9. The molecule has 5 atom stereocenters. The van der Waals surface area contributed by atoms with Crippen LogP contribution in [0, 0.1) is 11.3 Å². The molecule has 0 spiro atoms. The molecule has 2 aliphatic rings. The van der Waals surface area contributed by atoms with Crippen LogP contribution in [0.15, 0.2) is 36.4 Å². The Labute approximate surface area is 271 Å². The molecule has 3 rings (SSSR count). The zero-order valence-corrected chi connectivity index (χ0v) is 26.6. The molecular weight excluding hydrogens is 618 g/mol. The number of carbonyl (C=O) groups excluding carboxylic acids is 6. The van der Waals surface area contributed by atoms with E-state index in [0.717, 1.165) is 17.1 Å². The lowest BCUT2D eigenvalue weighted by Crippen LogP contribution is -2.54. The number of aliphatic hydroxyl groups is 3. The van der Waals surface area contributed by atoms with Gasteiger partial charge in [0.1, 0.15) is 30.7 Å². The second kappa shape index (κ2) is 16.4. The van der Waals surface area contributed by atoms with Crippen molar-refractivity contribution in [1.29, 1.82) is 0 Å². The smallest absolute Gasteiger partial charge is 0.311 e. The second-order valence-electron chi connectivity index (χ2n) is 12.2. The Morgan fingerprint density at radius 2 is 1.77 bits per heavy atom. The molecule has 0 aromatic heterocycles. The first-order valence-corrected chi connectivity index (χ1v) is 15.0. The van der Waals surface area contributed by atoms with E-state index in [1.165, 1.54) is 13.0 Å². The maximum Gasteiger partial charge on any atom is 0.311 e. The largest absolute Gasteiger partial charge is 0.461 e. The number of ether oxygens (including phenoxy) is 3. The number of nitrogens with one attached hydrogen (secondary N) is 2. The highest BCUT2D eigenvalue weighted by molar-refractivity contribution is 6.14. The van der Waals surface area contributed by atoms with E-state index in [4.69, 9.17) is 14.2 Å². The van der Waals surface area contributed by atoms with E-state index in [0.29, 0.717) is 5.56 Å². The molecule has 5 N–H and O–H groups in total. The Morgan fingerprint density at radius 3 is 2.43 bits per heavy atom. The molecule has 1 aromatic rings. The standard InChI is InChI=1S/C32H41N3O12/c1-18(14-20(36)16-35-25(39)9-10-26(35)40)29(43)33-12-11-24(38)34-21-15-19(6-5-13-45-31(44)32(2,3)4)7-8-23(21)47-30-28(42)27(41)22(37)17-46-30/h5-10,15,18,22,27-28,30,37,41-42H,11-14,16-17H2,1-4H3,(H,33,43)(H,34,38)/b6-5+/t18-,22-,27+,28-,30+/m1/s1.